The van der Waals surface area contributed by atoms with Crippen molar-refractivity contribution in [1.29, 1.82) is 0 Å². The van der Waals surface area contributed by atoms with E-state index in [0.717, 1.165) is 28.8 Å². The number of aromatic nitrogens is 2. The molecule has 0 fully saturated rings. The predicted octanol–water partition coefficient (Wildman–Crippen LogP) is 3.08. The van der Waals surface area contributed by atoms with E-state index in [4.69, 9.17) is 4.55 Å². The summed E-state index contributed by atoms with van der Waals surface area (Å²) in [6.45, 7) is 0.900. The van der Waals surface area contributed by atoms with Gasteiger partial charge in [0.2, 0.25) is 0 Å². The summed E-state index contributed by atoms with van der Waals surface area (Å²) >= 11 is -1.88. The van der Waals surface area contributed by atoms with E-state index in [1.54, 1.807) is 6.20 Å². The Hall–Kier alpha value is -2.15. The van der Waals surface area contributed by atoms with Gasteiger partial charge in [-0.1, -0.05) is 24.3 Å². The van der Waals surface area contributed by atoms with Crippen LogP contribution in [-0.2, 0) is 23.4 Å². The number of hydrogen-bond acceptors (Lipinski definition) is 4. The van der Waals surface area contributed by atoms with E-state index in [9.17, 15) is 4.21 Å². The van der Waals surface area contributed by atoms with Crippen molar-refractivity contribution in [2.24, 2.45) is 0 Å². The molecule has 1 unspecified atom stereocenters. The van der Waals surface area contributed by atoms with E-state index in [0.29, 0.717) is 5.56 Å². The largest absolute Gasteiger partial charge is 0.306 e. The average molecular weight is 341 g/mol. The molecule has 2 aromatic heterocycles. The van der Waals surface area contributed by atoms with Gasteiger partial charge in [-0.2, -0.15) is 0 Å². The second-order valence-corrected chi connectivity index (χ2v) is 6.91. The van der Waals surface area contributed by atoms with E-state index >= 15 is 0 Å². The van der Waals surface area contributed by atoms with Crippen LogP contribution < -0.4 is 0 Å². The first-order valence-electron chi connectivity index (χ1n) is 7.58. The lowest BCUT2D eigenvalue weighted by molar-refractivity contribution is 0.402. The third kappa shape index (κ3) is 4.03. The summed E-state index contributed by atoms with van der Waals surface area (Å²) in [4.78, 5) is 11.1. The van der Waals surface area contributed by atoms with Crippen molar-refractivity contribution in [2.75, 3.05) is 14.1 Å². The highest BCUT2D eigenvalue weighted by atomic mass is 32.2. The summed E-state index contributed by atoms with van der Waals surface area (Å²) in [5.41, 5.74) is 5.36. The topological polar surface area (TPSA) is 66.3 Å². The molecule has 3 rings (SSSR count). The Morgan fingerprint density at radius 3 is 2.46 bits per heavy atom. The second-order valence-electron chi connectivity index (χ2n) is 5.98. The van der Waals surface area contributed by atoms with Crippen LogP contribution in [0.25, 0.3) is 22.3 Å². The van der Waals surface area contributed by atoms with Crippen molar-refractivity contribution in [3.05, 3.63) is 59.8 Å². The molecule has 124 valence electrons. The summed E-state index contributed by atoms with van der Waals surface area (Å²) < 4.78 is 20.0. The van der Waals surface area contributed by atoms with Crippen molar-refractivity contribution >= 4 is 22.1 Å². The molecule has 1 atom stereocenters. The second kappa shape index (κ2) is 7.17. The van der Waals surface area contributed by atoms with Gasteiger partial charge in [-0.05, 0) is 43.4 Å². The number of nitrogens with zero attached hydrogens (tertiary/aromatic N) is 3. The lowest BCUT2D eigenvalue weighted by Crippen LogP contribution is -2.10. The number of benzene rings is 1. The van der Waals surface area contributed by atoms with Crippen molar-refractivity contribution in [3.63, 3.8) is 0 Å². The van der Waals surface area contributed by atoms with Crippen molar-refractivity contribution in [1.82, 2.24) is 14.9 Å². The molecule has 0 bridgehead atoms. The van der Waals surface area contributed by atoms with Crippen molar-refractivity contribution in [3.8, 4) is 11.3 Å². The summed E-state index contributed by atoms with van der Waals surface area (Å²) in [7, 11) is 4.09. The predicted molar refractivity (Wildman–Crippen MR) is 96.8 cm³/mol. The van der Waals surface area contributed by atoms with Crippen molar-refractivity contribution in [2.45, 2.75) is 12.3 Å². The third-order valence-electron chi connectivity index (χ3n) is 3.63. The average Bonchev–Trinajstić information content (AvgIpc) is 2.54. The van der Waals surface area contributed by atoms with Gasteiger partial charge in [0.05, 0.1) is 22.5 Å². The highest BCUT2D eigenvalue weighted by Crippen LogP contribution is 2.21. The fourth-order valence-electron chi connectivity index (χ4n) is 2.58. The van der Waals surface area contributed by atoms with Gasteiger partial charge < -0.3 is 9.45 Å². The quantitative estimate of drug-likeness (QED) is 0.723. The van der Waals surface area contributed by atoms with Crippen molar-refractivity contribution < 1.29 is 8.76 Å². The van der Waals surface area contributed by atoms with Crippen LogP contribution in [0.15, 0.2) is 48.7 Å². The Morgan fingerprint density at radius 1 is 1.04 bits per heavy atom. The standard InChI is InChI=1S/C18H19N3O2S/c1-21(2)11-13-3-5-15(6-4-13)16-7-8-17-18(20-16)9-14(10-19-17)12-24(22)23/h3-10H,11-12H2,1-2H3,(H,22,23). The molecule has 0 spiro atoms. The Balaban J connectivity index is 1.92. The van der Waals surface area contributed by atoms with Gasteiger partial charge >= 0.3 is 0 Å². The van der Waals surface area contributed by atoms with Gasteiger partial charge in [0.1, 0.15) is 0 Å². The number of fused-ring (bicyclic) bond motifs is 1. The minimum Gasteiger partial charge on any atom is -0.306 e. The van der Waals surface area contributed by atoms with Gasteiger partial charge in [-0.15, -0.1) is 0 Å². The molecule has 1 aromatic carbocycles. The molecule has 0 saturated heterocycles. The molecule has 0 aliphatic heterocycles. The molecule has 0 aliphatic rings. The molecule has 5 nitrogen and oxygen atoms in total. The van der Waals surface area contributed by atoms with Crippen LogP contribution in [0.1, 0.15) is 11.1 Å². The Morgan fingerprint density at radius 2 is 1.79 bits per heavy atom. The lowest BCUT2D eigenvalue weighted by Gasteiger charge is -2.10. The van der Waals surface area contributed by atoms with E-state index in [1.807, 2.05) is 32.3 Å². The minimum absolute atomic E-state index is 0.0636. The van der Waals surface area contributed by atoms with Crippen LogP contribution >= 0.6 is 0 Å². The maximum absolute atomic E-state index is 11.0. The van der Waals surface area contributed by atoms with Crippen LogP contribution in [-0.4, -0.2) is 37.7 Å². The normalized spacial score (nSPS) is 12.7. The zero-order valence-electron chi connectivity index (χ0n) is 13.6. The SMILES string of the molecule is CN(C)Cc1ccc(-c2ccc3ncc(CS(=O)O)cc3n2)cc1. The molecule has 1 N–H and O–H groups in total. The van der Waals surface area contributed by atoms with Gasteiger partial charge in [0.15, 0.2) is 11.1 Å². The molecule has 0 amide bonds. The van der Waals surface area contributed by atoms with E-state index in [2.05, 4.69) is 39.1 Å². The fourth-order valence-corrected chi connectivity index (χ4v) is 3.02. The maximum atomic E-state index is 11.0. The van der Waals surface area contributed by atoms with Crippen LogP contribution in [0.5, 0.6) is 0 Å². The van der Waals surface area contributed by atoms with Crippen LogP contribution in [0.3, 0.4) is 0 Å². The zero-order valence-corrected chi connectivity index (χ0v) is 14.5. The van der Waals surface area contributed by atoms with E-state index in [-0.39, 0.29) is 5.75 Å². The first-order valence-corrected chi connectivity index (χ1v) is 8.86. The summed E-state index contributed by atoms with van der Waals surface area (Å²) in [6.07, 6.45) is 1.62. The molecular weight excluding hydrogens is 322 g/mol. The minimum atomic E-state index is -1.88. The number of hydrogen-bond donors (Lipinski definition) is 1. The Labute approximate surface area is 143 Å². The van der Waals surface area contributed by atoms with E-state index < -0.39 is 11.1 Å². The molecule has 0 aliphatic carbocycles. The number of rotatable bonds is 5. The van der Waals surface area contributed by atoms with Crippen LogP contribution in [0.4, 0.5) is 0 Å². The Kier molecular flexibility index (Phi) is 4.99. The molecule has 0 radical (unpaired) electrons. The monoisotopic (exact) mass is 341 g/mol. The highest BCUT2D eigenvalue weighted by Gasteiger charge is 2.06. The van der Waals surface area contributed by atoms with Crippen LogP contribution in [0.2, 0.25) is 0 Å². The summed E-state index contributed by atoms with van der Waals surface area (Å²) in [6, 6.07) is 14.0. The van der Waals surface area contributed by atoms with Gasteiger partial charge in [-0.3, -0.25) is 4.98 Å². The molecular formula is C18H19N3O2S. The fraction of sp³-hybridized carbons (Fsp3) is 0.222. The van der Waals surface area contributed by atoms with Crippen LogP contribution in [0, 0.1) is 0 Å². The molecule has 0 saturated carbocycles. The summed E-state index contributed by atoms with van der Waals surface area (Å²) in [5.74, 6) is 0.0636. The van der Waals surface area contributed by atoms with Gasteiger partial charge in [0, 0.05) is 18.3 Å². The molecule has 24 heavy (non-hydrogen) atoms. The molecule has 2 heterocycles. The first-order chi connectivity index (χ1) is 11.5. The van der Waals surface area contributed by atoms with Gasteiger partial charge in [0.25, 0.3) is 0 Å². The summed E-state index contributed by atoms with van der Waals surface area (Å²) in [5, 5.41) is 0. The maximum Gasteiger partial charge on any atom is 0.157 e. The third-order valence-corrected chi connectivity index (χ3v) is 4.21. The smallest absolute Gasteiger partial charge is 0.157 e. The molecule has 3 aromatic rings. The van der Waals surface area contributed by atoms with Gasteiger partial charge in [-0.25, -0.2) is 9.19 Å². The van der Waals surface area contributed by atoms with E-state index in [1.165, 1.54) is 5.56 Å². The number of pyridine rings is 2. The Bertz CT molecular complexity index is 879. The highest BCUT2D eigenvalue weighted by molar-refractivity contribution is 7.78. The lowest BCUT2D eigenvalue weighted by atomic mass is 10.1. The molecule has 6 heteroatoms. The zero-order chi connectivity index (χ0) is 17.1. The first kappa shape index (κ1) is 16.7.